The highest BCUT2D eigenvalue weighted by molar-refractivity contribution is 5.07. The van der Waals surface area contributed by atoms with Gasteiger partial charge in [0.15, 0.2) is 0 Å². The molecule has 0 aromatic carbocycles. The van der Waals surface area contributed by atoms with Crippen molar-refractivity contribution in [3.8, 4) is 0 Å². The van der Waals surface area contributed by atoms with E-state index < -0.39 is 0 Å². The zero-order valence-electron chi connectivity index (χ0n) is 10.7. The van der Waals surface area contributed by atoms with Gasteiger partial charge in [-0.3, -0.25) is 0 Å². The molecule has 0 heterocycles. The number of nitrogens with zero attached hydrogens (tertiary/aromatic N) is 1. The minimum absolute atomic E-state index is 0.305. The Labute approximate surface area is 94.5 Å². The first kappa shape index (κ1) is 14.3. The summed E-state index contributed by atoms with van der Waals surface area (Å²) in [5.74, 6) is 5.89. The maximum Gasteiger partial charge on any atom is 0.0450 e. The topological polar surface area (TPSA) is 55.3 Å². The van der Waals surface area contributed by atoms with Crippen molar-refractivity contribution in [2.75, 3.05) is 0 Å². The smallest absolute Gasteiger partial charge is 0.0450 e. The van der Waals surface area contributed by atoms with Gasteiger partial charge in [0, 0.05) is 17.4 Å². The number of hydrazine groups is 1. The first-order chi connectivity index (χ1) is 7.00. The van der Waals surface area contributed by atoms with Crippen molar-refractivity contribution < 1.29 is 0 Å². The van der Waals surface area contributed by atoms with Crippen molar-refractivity contribution in [1.29, 1.82) is 0 Å². The number of nitrogens with two attached hydrogens (primary N) is 2. The Morgan fingerprint density at radius 1 is 1.20 bits per heavy atom. The molecule has 0 aromatic heterocycles. The molecule has 3 nitrogen and oxygen atoms in total. The van der Waals surface area contributed by atoms with E-state index >= 15 is 0 Å². The number of allylic oxidation sites excluding steroid dienone is 2. The second kappa shape index (κ2) is 7.57. The van der Waals surface area contributed by atoms with Gasteiger partial charge in [0.2, 0.25) is 0 Å². The molecule has 0 saturated carbocycles. The molecule has 0 amide bonds. The third kappa shape index (κ3) is 5.67. The van der Waals surface area contributed by atoms with Crippen LogP contribution in [-0.2, 0) is 0 Å². The van der Waals surface area contributed by atoms with Gasteiger partial charge in [0.25, 0.3) is 0 Å². The van der Waals surface area contributed by atoms with E-state index in [0.29, 0.717) is 6.04 Å². The van der Waals surface area contributed by atoms with E-state index in [9.17, 15) is 0 Å². The zero-order chi connectivity index (χ0) is 11.8. The normalized spacial score (nSPS) is 12.9. The molecule has 0 spiro atoms. The highest BCUT2D eigenvalue weighted by atomic mass is 15.4. The summed E-state index contributed by atoms with van der Waals surface area (Å²) in [5, 5.41) is 1.75. The van der Waals surface area contributed by atoms with Crippen LogP contribution < -0.4 is 11.6 Å². The highest BCUT2D eigenvalue weighted by Crippen LogP contribution is 2.12. The predicted molar refractivity (Wildman–Crippen MR) is 66.8 cm³/mol. The minimum Gasteiger partial charge on any atom is -0.401 e. The molecule has 0 aliphatic heterocycles. The van der Waals surface area contributed by atoms with Crippen LogP contribution in [0.2, 0.25) is 0 Å². The van der Waals surface area contributed by atoms with Gasteiger partial charge in [-0.2, -0.15) is 0 Å². The SMILES string of the molecule is CCCCCC/C(N)=C(\C)N(N)C(C)C. The van der Waals surface area contributed by atoms with Crippen LogP contribution in [0.1, 0.15) is 59.8 Å². The Bertz CT molecular complexity index is 197. The molecular formula is C12H27N3. The summed E-state index contributed by atoms with van der Waals surface area (Å²) in [4.78, 5) is 0. The van der Waals surface area contributed by atoms with Gasteiger partial charge in [-0.05, 0) is 33.6 Å². The lowest BCUT2D eigenvalue weighted by atomic mass is 10.1. The second-order valence-corrected chi connectivity index (χ2v) is 4.42. The molecule has 4 N–H and O–H groups in total. The van der Waals surface area contributed by atoms with Gasteiger partial charge in [0.1, 0.15) is 0 Å². The lowest BCUT2D eigenvalue weighted by Crippen LogP contribution is -2.37. The Hall–Kier alpha value is -0.700. The van der Waals surface area contributed by atoms with Crippen LogP contribution in [-0.4, -0.2) is 11.1 Å². The first-order valence-corrected chi connectivity index (χ1v) is 5.99. The molecule has 0 saturated heterocycles. The fourth-order valence-electron chi connectivity index (χ4n) is 1.48. The van der Waals surface area contributed by atoms with Gasteiger partial charge in [-0.15, -0.1) is 0 Å². The summed E-state index contributed by atoms with van der Waals surface area (Å²) in [6.07, 6.45) is 5.95. The molecule has 0 bridgehead atoms. The van der Waals surface area contributed by atoms with Crippen molar-refractivity contribution in [2.45, 2.75) is 65.8 Å². The van der Waals surface area contributed by atoms with Crippen LogP contribution >= 0.6 is 0 Å². The summed E-state index contributed by atoms with van der Waals surface area (Å²) >= 11 is 0. The Morgan fingerprint density at radius 3 is 2.27 bits per heavy atom. The van der Waals surface area contributed by atoms with E-state index in [1.165, 1.54) is 25.7 Å². The maximum absolute atomic E-state index is 6.00. The van der Waals surface area contributed by atoms with Crippen LogP contribution in [0.5, 0.6) is 0 Å². The van der Waals surface area contributed by atoms with Gasteiger partial charge >= 0.3 is 0 Å². The molecular weight excluding hydrogens is 186 g/mol. The first-order valence-electron chi connectivity index (χ1n) is 5.99. The van der Waals surface area contributed by atoms with Crippen molar-refractivity contribution in [1.82, 2.24) is 5.01 Å². The average molecular weight is 213 g/mol. The molecule has 0 atom stereocenters. The number of hydrogen-bond donors (Lipinski definition) is 2. The fourth-order valence-corrected chi connectivity index (χ4v) is 1.48. The molecule has 90 valence electrons. The van der Waals surface area contributed by atoms with E-state index in [2.05, 4.69) is 20.8 Å². The number of unbranched alkanes of at least 4 members (excludes halogenated alkanes) is 3. The molecule has 0 aromatic rings. The monoisotopic (exact) mass is 213 g/mol. The Morgan fingerprint density at radius 2 is 1.80 bits per heavy atom. The predicted octanol–water partition coefficient (Wildman–Crippen LogP) is 2.73. The summed E-state index contributed by atoms with van der Waals surface area (Å²) < 4.78 is 0. The molecule has 0 unspecified atom stereocenters. The number of hydrogen-bond acceptors (Lipinski definition) is 3. The molecule has 0 rings (SSSR count). The summed E-state index contributed by atoms with van der Waals surface area (Å²) in [5.41, 5.74) is 7.94. The van der Waals surface area contributed by atoms with Crippen LogP contribution in [0.15, 0.2) is 11.4 Å². The number of rotatable bonds is 7. The van der Waals surface area contributed by atoms with E-state index in [-0.39, 0.29) is 0 Å². The van der Waals surface area contributed by atoms with Gasteiger partial charge in [-0.25, -0.2) is 5.84 Å². The average Bonchev–Trinajstić information content (AvgIpc) is 2.21. The van der Waals surface area contributed by atoms with E-state index in [0.717, 1.165) is 17.8 Å². The molecule has 15 heavy (non-hydrogen) atoms. The minimum atomic E-state index is 0.305. The lowest BCUT2D eigenvalue weighted by Gasteiger charge is -2.25. The Balaban J connectivity index is 4.03. The van der Waals surface area contributed by atoms with E-state index in [1.54, 1.807) is 5.01 Å². The van der Waals surface area contributed by atoms with Crippen LogP contribution in [0.4, 0.5) is 0 Å². The van der Waals surface area contributed by atoms with Gasteiger partial charge in [0.05, 0.1) is 0 Å². The van der Waals surface area contributed by atoms with Gasteiger partial charge in [-0.1, -0.05) is 26.2 Å². The van der Waals surface area contributed by atoms with Crippen molar-refractivity contribution in [3.05, 3.63) is 11.4 Å². The van der Waals surface area contributed by atoms with Crippen molar-refractivity contribution in [2.24, 2.45) is 11.6 Å². The highest BCUT2D eigenvalue weighted by Gasteiger charge is 2.07. The summed E-state index contributed by atoms with van der Waals surface area (Å²) in [7, 11) is 0. The van der Waals surface area contributed by atoms with E-state index in [1.807, 2.05) is 6.92 Å². The zero-order valence-corrected chi connectivity index (χ0v) is 10.7. The van der Waals surface area contributed by atoms with Crippen molar-refractivity contribution in [3.63, 3.8) is 0 Å². The molecule has 0 fully saturated rings. The molecule has 0 aliphatic carbocycles. The Kier molecular flexibility index (Phi) is 7.22. The summed E-state index contributed by atoms with van der Waals surface area (Å²) in [6, 6.07) is 0.305. The van der Waals surface area contributed by atoms with Gasteiger partial charge < -0.3 is 10.7 Å². The maximum atomic E-state index is 6.00. The molecule has 0 aliphatic rings. The van der Waals surface area contributed by atoms with Crippen LogP contribution in [0.3, 0.4) is 0 Å². The molecule has 3 heteroatoms. The third-order valence-corrected chi connectivity index (χ3v) is 2.71. The second-order valence-electron chi connectivity index (χ2n) is 4.42. The molecule has 0 radical (unpaired) electrons. The standard InChI is InChI=1S/C12H27N3/c1-5-6-7-8-9-12(13)11(4)15(14)10(2)3/h10H,5-9,13-14H2,1-4H3/b12-11-. The quantitative estimate of drug-likeness (QED) is 0.388. The third-order valence-electron chi connectivity index (χ3n) is 2.71. The fraction of sp³-hybridized carbons (Fsp3) is 0.833. The lowest BCUT2D eigenvalue weighted by molar-refractivity contribution is 0.289. The largest absolute Gasteiger partial charge is 0.401 e. The van der Waals surface area contributed by atoms with Crippen LogP contribution in [0.25, 0.3) is 0 Å². The van der Waals surface area contributed by atoms with Crippen molar-refractivity contribution >= 4 is 0 Å². The summed E-state index contributed by atoms with van der Waals surface area (Å²) in [6.45, 7) is 8.34. The van der Waals surface area contributed by atoms with Crippen LogP contribution in [0, 0.1) is 0 Å². The van der Waals surface area contributed by atoms with E-state index in [4.69, 9.17) is 11.6 Å².